The Morgan fingerprint density at radius 1 is 1.03 bits per heavy atom. The molecule has 0 bridgehead atoms. The smallest absolute Gasteiger partial charge is 0.254 e. The van der Waals surface area contributed by atoms with E-state index in [2.05, 4.69) is 36.9 Å². The molecule has 0 unspecified atom stereocenters. The Balaban J connectivity index is 1.78. The summed E-state index contributed by atoms with van der Waals surface area (Å²) < 4.78 is 27.2. The van der Waals surface area contributed by atoms with Crippen LogP contribution in [0.4, 0.5) is 5.69 Å². The summed E-state index contributed by atoms with van der Waals surface area (Å²) in [4.78, 5) is 17.2. The SMILES string of the molecule is CCN(CC)S(=O)(=O)c1cc(C(=O)N2CCN(c3cccc(C)c3C)CC2)ccc1Cl. The first kappa shape index (κ1) is 23.6. The Hall–Kier alpha value is -2.09. The molecule has 2 aromatic carbocycles. The molecule has 0 aromatic heterocycles. The van der Waals surface area contributed by atoms with Gasteiger partial charge in [-0.15, -0.1) is 0 Å². The fourth-order valence-corrected chi connectivity index (χ4v) is 5.91. The van der Waals surface area contributed by atoms with Crippen LogP contribution in [-0.2, 0) is 10.0 Å². The number of aryl methyl sites for hydroxylation is 1. The Morgan fingerprint density at radius 2 is 1.68 bits per heavy atom. The van der Waals surface area contributed by atoms with Gasteiger partial charge in [0.1, 0.15) is 4.90 Å². The van der Waals surface area contributed by atoms with Crippen molar-refractivity contribution in [3.63, 3.8) is 0 Å². The number of hydrogen-bond donors (Lipinski definition) is 0. The van der Waals surface area contributed by atoms with Gasteiger partial charge in [-0.25, -0.2) is 8.42 Å². The van der Waals surface area contributed by atoms with Crippen LogP contribution >= 0.6 is 11.6 Å². The highest BCUT2D eigenvalue weighted by molar-refractivity contribution is 7.89. The number of anilines is 1. The van der Waals surface area contributed by atoms with Crippen molar-refractivity contribution in [2.24, 2.45) is 0 Å². The summed E-state index contributed by atoms with van der Waals surface area (Å²) in [6, 6.07) is 10.8. The van der Waals surface area contributed by atoms with Crippen LogP contribution in [0.2, 0.25) is 5.02 Å². The van der Waals surface area contributed by atoms with Crippen molar-refractivity contribution >= 4 is 33.2 Å². The van der Waals surface area contributed by atoms with Crippen LogP contribution in [0.1, 0.15) is 35.3 Å². The third-order valence-corrected chi connectivity index (χ3v) is 8.52. The number of benzene rings is 2. The molecule has 31 heavy (non-hydrogen) atoms. The summed E-state index contributed by atoms with van der Waals surface area (Å²) in [5.41, 5.74) is 4.05. The maximum atomic E-state index is 13.1. The van der Waals surface area contributed by atoms with Crippen molar-refractivity contribution in [3.05, 3.63) is 58.1 Å². The lowest BCUT2D eigenvalue weighted by molar-refractivity contribution is 0.0746. The molecule has 0 N–H and O–H groups in total. The third-order valence-electron chi connectivity index (χ3n) is 5.98. The first-order valence-corrected chi connectivity index (χ1v) is 12.4. The molecule has 1 heterocycles. The molecular formula is C23H30ClN3O3S. The highest BCUT2D eigenvalue weighted by atomic mass is 35.5. The van der Waals surface area contributed by atoms with Gasteiger partial charge in [0.25, 0.3) is 5.91 Å². The standard InChI is InChI=1S/C23H30ClN3O3S/c1-5-27(6-2)31(29,30)22-16-19(10-11-20(22)24)23(28)26-14-12-25(13-15-26)21-9-7-8-17(3)18(21)4/h7-11,16H,5-6,12-15H2,1-4H3. The second-order valence-corrected chi connectivity index (χ2v) is 10.0. The molecule has 8 heteroatoms. The molecule has 0 spiro atoms. The topological polar surface area (TPSA) is 60.9 Å². The quantitative estimate of drug-likeness (QED) is 0.650. The van der Waals surface area contributed by atoms with Gasteiger partial charge >= 0.3 is 0 Å². The molecule has 1 saturated heterocycles. The largest absolute Gasteiger partial charge is 0.368 e. The Morgan fingerprint density at radius 3 is 2.29 bits per heavy atom. The number of hydrogen-bond acceptors (Lipinski definition) is 4. The van der Waals surface area contributed by atoms with E-state index in [0.717, 1.165) is 13.1 Å². The molecule has 1 aliphatic rings. The second-order valence-electron chi connectivity index (χ2n) is 7.73. The predicted molar refractivity (Wildman–Crippen MR) is 126 cm³/mol. The summed E-state index contributed by atoms with van der Waals surface area (Å²) in [6.07, 6.45) is 0. The van der Waals surface area contributed by atoms with E-state index in [0.29, 0.717) is 31.7 Å². The van der Waals surface area contributed by atoms with E-state index < -0.39 is 10.0 Å². The zero-order valence-corrected chi connectivity index (χ0v) is 20.1. The van der Waals surface area contributed by atoms with Gasteiger partial charge in [-0.3, -0.25) is 4.79 Å². The summed E-state index contributed by atoms with van der Waals surface area (Å²) >= 11 is 6.21. The average Bonchev–Trinajstić information content (AvgIpc) is 2.76. The number of halogens is 1. The van der Waals surface area contributed by atoms with Crippen molar-refractivity contribution < 1.29 is 13.2 Å². The number of carbonyl (C=O) groups is 1. The van der Waals surface area contributed by atoms with Gasteiger partial charge in [-0.1, -0.05) is 37.6 Å². The highest BCUT2D eigenvalue weighted by Gasteiger charge is 2.28. The number of amides is 1. The van der Waals surface area contributed by atoms with Gasteiger partial charge in [0.2, 0.25) is 10.0 Å². The van der Waals surface area contributed by atoms with E-state index in [1.54, 1.807) is 24.8 Å². The normalized spacial score (nSPS) is 14.9. The number of carbonyl (C=O) groups excluding carboxylic acids is 1. The van der Waals surface area contributed by atoms with Crippen molar-refractivity contribution in [3.8, 4) is 0 Å². The zero-order valence-electron chi connectivity index (χ0n) is 18.6. The zero-order chi connectivity index (χ0) is 22.8. The fraction of sp³-hybridized carbons (Fsp3) is 0.435. The van der Waals surface area contributed by atoms with Crippen molar-refractivity contribution in [1.29, 1.82) is 0 Å². The summed E-state index contributed by atoms with van der Waals surface area (Å²) in [7, 11) is -3.75. The van der Waals surface area contributed by atoms with Gasteiger partial charge < -0.3 is 9.80 Å². The molecule has 0 atom stereocenters. The van der Waals surface area contributed by atoms with E-state index >= 15 is 0 Å². The minimum Gasteiger partial charge on any atom is -0.368 e. The minimum absolute atomic E-state index is 0.0160. The molecule has 1 aliphatic heterocycles. The molecule has 0 aliphatic carbocycles. The minimum atomic E-state index is -3.75. The number of sulfonamides is 1. The van der Waals surface area contributed by atoms with Crippen molar-refractivity contribution in [1.82, 2.24) is 9.21 Å². The average molecular weight is 464 g/mol. The van der Waals surface area contributed by atoms with E-state index in [4.69, 9.17) is 11.6 Å². The van der Waals surface area contributed by atoms with E-state index in [9.17, 15) is 13.2 Å². The van der Waals surface area contributed by atoms with Crippen LogP contribution in [0.3, 0.4) is 0 Å². The van der Waals surface area contributed by atoms with Crippen LogP contribution in [0, 0.1) is 13.8 Å². The lowest BCUT2D eigenvalue weighted by atomic mass is 10.1. The van der Waals surface area contributed by atoms with Gasteiger partial charge in [0, 0.05) is 50.5 Å². The van der Waals surface area contributed by atoms with Gasteiger partial charge in [0.05, 0.1) is 5.02 Å². The van der Waals surface area contributed by atoms with Crippen LogP contribution in [0.25, 0.3) is 0 Å². The van der Waals surface area contributed by atoms with E-state index in [1.807, 2.05) is 0 Å². The molecule has 2 aromatic rings. The van der Waals surface area contributed by atoms with Crippen molar-refractivity contribution in [2.45, 2.75) is 32.6 Å². The molecular weight excluding hydrogens is 434 g/mol. The lowest BCUT2D eigenvalue weighted by Crippen LogP contribution is -2.49. The Kier molecular flexibility index (Phi) is 7.29. The second kappa shape index (κ2) is 9.59. The lowest BCUT2D eigenvalue weighted by Gasteiger charge is -2.37. The van der Waals surface area contributed by atoms with Gasteiger partial charge in [-0.05, 0) is 49.2 Å². The highest BCUT2D eigenvalue weighted by Crippen LogP contribution is 2.27. The predicted octanol–water partition coefficient (Wildman–Crippen LogP) is 3.95. The monoisotopic (exact) mass is 463 g/mol. The summed E-state index contributed by atoms with van der Waals surface area (Å²) in [5.74, 6) is -0.173. The maximum absolute atomic E-state index is 13.1. The van der Waals surface area contributed by atoms with Crippen molar-refractivity contribution in [2.75, 3.05) is 44.2 Å². The van der Waals surface area contributed by atoms with E-state index in [1.165, 1.54) is 33.3 Å². The van der Waals surface area contributed by atoms with Gasteiger partial charge in [-0.2, -0.15) is 4.31 Å². The summed E-state index contributed by atoms with van der Waals surface area (Å²) in [5, 5.41) is 0.128. The van der Waals surface area contributed by atoms with Crippen LogP contribution in [-0.4, -0.2) is 62.8 Å². The van der Waals surface area contributed by atoms with Crippen LogP contribution in [0.15, 0.2) is 41.3 Å². The van der Waals surface area contributed by atoms with Crippen LogP contribution in [0.5, 0.6) is 0 Å². The fourth-order valence-electron chi connectivity index (χ4n) is 3.95. The number of nitrogens with zero attached hydrogens (tertiary/aromatic N) is 3. The van der Waals surface area contributed by atoms with Crippen LogP contribution < -0.4 is 4.90 Å². The Bertz CT molecular complexity index is 1060. The first-order valence-electron chi connectivity index (χ1n) is 10.6. The molecule has 6 nitrogen and oxygen atoms in total. The molecule has 0 radical (unpaired) electrons. The molecule has 168 valence electrons. The first-order chi connectivity index (χ1) is 14.7. The molecule has 1 amide bonds. The van der Waals surface area contributed by atoms with Gasteiger partial charge in [0.15, 0.2) is 0 Å². The molecule has 1 fully saturated rings. The molecule has 0 saturated carbocycles. The van der Waals surface area contributed by atoms with E-state index in [-0.39, 0.29) is 15.8 Å². The number of rotatable bonds is 6. The third kappa shape index (κ3) is 4.73. The molecule has 3 rings (SSSR count). The Labute approximate surface area is 190 Å². The summed E-state index contributed by atoms with van der Waals surface area (Å²) in [6.45, 7) is 11.1. The number of piperazine rings is 1. The maximum Gasteiger partial charge on any atom is 0.254 e.